The Kier molecular flexibility index (Phi) is 3.43. The number of nitrogens with zero attached hydrogens (tertiary/aromatic N) is 2. The fourth-order valence-corrected chi connectivity index (χ4v) is 2.26. The minimum Gasteiger partial charge on any atom is -0.384 e. The summed E-state index contributed by atoms with van der Waals surface area (Å²) in [5.74, 6) is 0.718. The average Bonchev–Trinajstić information content (AvgIpc) is 2.63. The van der Waals surface area contributed by atoms with Crippen LogP contribution in [-0.2, 0) is 12.7 Å². The lowest BCUT2D eigenvalue weighted by atomic mass is 10.1. The van der Waals surface area contributed by atoms with Gasteiger partial charge in [-0.3, -0.25) is 0 Å². The number of imidazole rings is 1. The van der Waals surface area contributed by atoms with Gasteiger partial charge in [0, 0.05) is 13.1 Å². The molecule has 0 unspecified atom stereocenters. The number of benzene rings is 1. The van der Waals surface area contributed by atoms with Gasteiger partial charge in [-0.1, -0.05) is 0 Å². The summed E-state index contributed by atoms with van der Waals surface area (Å²) in [6, 6.07) is 2.26. The first-order chi connectivity index (χ1) is 8.88. The molecule has 0 aliphatic heterocycles. The summed E-state index contributed by atoms with van der Waals surface area (Å²) >= 11 is 0. The molecule has 104 valence electrons. The van der Waals surface area contributed by atoms with Crippen molar-refractivity contribution in [2.24, 2.45) is 0 Å². The number of hydrogen-bond acceptors (Lipinski definition) is 2. The van der Waals surface area contributed by atoms with Crippen LogP contribution in [0.3, 0.4) is 0 Å². The largest absolute Gasteiger partial charge is 0.416 e. The molecule has 0 saturated carbocycles. The van der Waals surface area contributed by atoms with Gasteiger partial charge in [0.05, 0.1) is 22.3 Å². The molecule has 0 radical (unpaired) electrons. The molecule has 0 fully saturated rings. The molecule has 1 aromatic carbocycles. The van der Waals surface area contributed by atoms with E-state index in [9.17, 15) is 13.2 Å². The lowest BCUT2D eigenvalue weighted by molar-refractivity contribution is -0.137. The quantitative estimate of drug-likeness (QED) is 0.919. The third kappa shape index (κ3) is 2.39. The third-order valence-electron chi connectivity index (χ3n) is 3.04. The second-order valence-corrected chi connectivity index (χ2v) is 4.32. The highest BCUT2D eigenvalue weighted by Crippen LogP contribution is 2.35. The van der Waals surface area contributed by atoms with E-state index in [0.29, 0.717) is 24.3 Å². The Hall–Kier alpha value is -1.72. The number of hydrogen-bond donors (Lipinski definition) is 1. The number of rotatable bonds is 3. The molecule has 2 rings (SSSR count). The van der Waals surface area contributed by atoms with Crippen LogP contribution in [0.15, 0.2) is 12.1 Å². The Morgan fingerprint density at radius 3 is 2.47 bits per heavy atom. The minimum atomic E-state index is -4.36. The van der Waals surface area contributed by atoms with Crippen LogP contribution in [-0.4, -0.2) is 16.1 Å². The van der Waals surface area contributed by atoms with Crippen LogP contribution < -0.4 is 5.32 Å². The Bertz CT molecular complexity index is 599. The van der Waals surface area contributed by atoms with E-state index < -0.39 is 11.7 Å². The van der Waals surface area contributed by atoms with E-state index in [-0.39, 0.29) is 0 Å². The Labute approximate surface area is 109 Å². The average molecular weight is 271 g/mol. The van der Waals surface area contributed by atoms with Crippen LogP contribution in [0.25, 0.3) is 11.0 Å². The van der Waals surface area contributed by atoms with Gasteiger partial charge in [-0.2, -0.15) is 13.2 Å². The van der Waals surface area contributed by atoms with E-state index in [0.717, 1.165) is 23.5 Å². The molecule has 0 bridgehead atoms. The molecular formula is C13H16F3N3. The van der Waals surface area contributed by atoms with Gasteiger partial charge < -0.3 is 9.88 Å². The van der Waals surface area contributed by atoms with Crippen molar-refractivity contribution in [3.05, 3.63) is 23.5 Å². The van der Waals surface area contributed by atoms with E-state index >= 15 is 0 Å². The van der Waals surface area contributed by atoms with Gasteiger partial charge in [0.25, 0.3) is 0 Å². The van der Waals surface area contributed by atoms with E-state index in [1.807, 2.05) is 18.4 Å². The zero-order valence-corrected chi connectivity index (χ0v) is 11.1. The fourth-order valence-electron chi connectivity index (χ4n) is 2.26. The molecule has 3 nitrogen and oxygen atoms in total. The number of aromatic nitrogens is 2. The summed E-state index contributed by atoms with van der Waals surface area (Å²) < 4.78 is 40.5. The molecule has 1 N–H and O–H groups in total. The third-order valence-corrected chi connectivity index (χ3v) is 3.04. The van der Waals surface area contributed by atoms with Crippen LogP contribution in [0.2, 0.25) is 0 Å². The number of nitrogens with one attached hydrogen (secondary N) is 1. The Morgan fingerprint density at radius 1 is 1.26 bits per heavy atom. The molecule has 2 aromatic rings. The maximum absolute atomic E-state index is 12.9. The van der Waals surface area contributed by atoms with Crippen molar-refractivity contribution >= 4 is 16.7 Å². The van der Waals surface area contributed by atoms with E-state index in [4.69, 9.17) is 0 Å². The molecular weight excluding hydrogens is 255 g/mol. The van der Waals surface area contributed by atoms with Gasteiger partial charge in [-0.15, -0.1) is 0 Å². The summed E-state index contributed by atoms with van der Waals surface area (Å²) in [6.45, 7) is 6.83. The Balaban J connectivity index is 2.75. The smallest absolute Gasteiger partial charge is 0.384 e. The van der Waals surface area contributed by atoms with Gasteiger partial charge in [0.1, 0.15) is 5.82 Å². The first-order valence-corrected chi connectivity index (χ1v) is 6.20. The zero-order chi connectivity index (χ0) is 14.2. The molecule has 0 amide bonds. The number of alkyl halides is 3. The lowest BCUT2D eigenvalue weighted by Crippen LogP contribution is -2.08. The van der Waals surface area contributed by atoms with Gasteiger partial charge in [0.2, 0.25) is 0 Å². The van der Waals surface area contributed by atoms with Crippen molar-refractivity contribution in [1.82, 2.24) is 9.55 Å². The first-order valence-electron chi connectivity index (χ1n) is 6.20. The molecule has 0 saturated heterocycles. The summed E-state index contributed by atoms with van der Waals surface area (Å²) in [5.41, 5.74) is 0.923. The molecule has 0 aliphatic carbocycles. The van der Waals surface area contributed by atoms with Crippen LogP contribution in [0.1, 0.15) is 25.2 Å². The Morgan fingerprint density at radius 2 is 1.95 bits per heavy atom. The number of anilines is 1. The first kappa shape index (κ1) is 13.7. The standard InChI is InChI=1S/C13H16F3N3/c1-4-17-10-6-9(13(14,15)16)7-11-12(10)19(5-2)8(3)18-11/h6-7,17H,4-5H2,1-3H3. The summed E-state index contributed by atoms with van der Waals surface area (Å²) in [5, 5.41) is 2.99. The second kappa shape index (κ2) is 4.75. The van der Waals surface area contributed by atoms with Gasteiger partial charge in [-0.05, 0) is 32.9 Å². The van der Waals surface area contributed by atoms with Crippen molar-refractivity contribution < 1.29 is 13.2 Å². The summed E-state index contributed by atoms with van der Waals surface area (Å²) in [4.78, 5) is 4.22. The molecule has 1 heterocycles. The topological polar surface area (TPSA) is 29.9 Å². The van der Waals surface area contributed by atoms with Crippen molar-refractivity contribution in [2.45, 2.75) is 33.5 Å². The zero-order valence-electron chi connectivity index (χ0n) is 11.1. The molecule has 0 aliphatic rings. The summed E-state index contributed by atoms with van der Waals surface area (Å²) in [6.07, 6.45) is -4.36. The predicted molar refractivity (Wildman–Crippen MR) is 69.3 cm³/mol. The van der Waals surface area contributed by atoms with Gasteiger partial charge in [0.15, 0.2) is 0 Å². The van der Waals surface area contributed by atoms with Crippen molar-refractivity contribution in [3.63, 3.8) is 0 Å². The van der Waals surface area contributed by atoms with Crippen molar-refractivity contribution in [2.75, 3.05) is 11.9 Å². The van der Waals surface area contributed by atoms with Crippen LogP contribution in [0.4, 0.5) is 18.9 Å². The maximum atomic E-state index is 12.9. The van der Waals surface area contributed by atoms with E-state index in [2.05, 4.69) is 10.3 Å². The van der Waals surface area contributed by atoms with E-state index in [1.54, 1.807) is 6.92 Å². The number of fused-ring (bicyclic) bond motifs is 1. The fraction of sp³-hybridized carbons (Fsp3) is 0.462. The predicted octanol–water partition coefficient (Wildman–Crippen LogP) is 3.82. The highest BCUT2D eigenvalue weighted by atomic mass is 19.4. The van der Waals surface area contributed by atoms with Crippen molar-refractivity contribution in [1.29, 1.82) is 0 Å². The molecule has 6 heteroatoms. The number of halogens is 3. The highest BCUT2D eigenvalue weighted by Gasteiger charge is 2.32. The molecule has 19 heavy (non-hydrogen) atoms. The summed E-state index contributed by atoms with van der Waals surface area (Å²) in [7, 11) is 0. The van der Waals surface area contributed by atoms with Crippen LogP contribution >= 0.6 is 0 Å². The monoisotopic (exact) mass is 271 g/mol. The molecule has 0 atom stereocenters. The molecule has 0 spiro atoms. The minimum absolute atomic E-state index is 0.380. The van der Waals surface area contributed by atoms with Gasteiger partial charge in [-0.25, -0.2) is 4.98 Å². The second-order valence-electron chi connectivity index (χ2n) is 4.32. The van der Waals surface area contributed by atoms with Crippen LogP contribution in [0, 0.1) is 6.92 Å². The lowest BCUT2D eigenvalue weighted by Gasteiger charge is -2.13. The van der Waals surface area contributed by atoms with Crippen molar-refractivity contribution in [3.8, 4) is 0 Å². The number of aryl methyl sites for hydroxylation is 2. The maximum Gasteiger partial charge on any atom is 0.416 e. The SMILES string of the molecule is CCNc1cc(C(F)(F)F)cc2nc(C)n(CC)c12. The van der Waals surface area contributed by atoms with Crippen LogP contribution in [0.5, 0.6) is 0 Å². The highest BCUT2D eigenvalue weighted by molar-refractivity contribution is 5.90. The van der Waals surface area contributed by atoms with E-state index in [1.165, 1.54) is 0 Å². The normalized spacial score (nSPS) is 12.1. The molecule has 1 aromatic heterocycles. The van der Waals surface area contributed by atoms with Gasteiger partial charge >= 0.3 is 6.18 Å².